The number of rotatable bonds is 51. The summed E-state index contributed by atoms with van der Waals surface area (Å²) >= 11 is 3.60. The highest BCUT2D eigenvalue weighted by Gasteiger charge is 2.69. The predicted octanol–water partition coefficient (Wildman–Crippen LogP) is -31.4. The Morgan fingerprint density at radius 1 is 0.213 bits per heavy atom. The summed E-state index contributed by atoms with van der Waals surface area (Å²) < 4.78 is 6.98. The lowest BCUT2D eigenvalue weighted by molar-refractivity contribution is 0.669. The van der Waals surface area contributed by atoms with Crippen LogP contribution in [0.1, 0.15) is 0 Å². The van der Waals surface area contributed by atoms with Crippen LogP contribution in [0.5, 0.6) is 0 Å². The zero-order valence-corrected chi connectivity index (χ0v) is 73.7. The Kier molecular flexibility index (Phi) is 54.8. The van der Waals surface area contributed by atoms with E-state index in [1.807, 2.05) is 48.7 Å². The standard InChI is InChI=1S/C23H14BrNO.B101/c24-20-7-3-1-5-17(20)16-9-11-21(25-14-16)15-10-12-23-19(13-15)18-6-2-4-8-22(18)26-23;1-52-78(53(2)3)91(79(54(4)5)55(6)7)97(90(76(48)49)77(50)51)100(96(88(72(40)41)73(42)43)89(74(44)45)75(46)47)101(98(92(80(56(8)9)57(10)11)81(58(12)13)59(14)15)93(82(60(16)17)61(18)19)83(62(20)21)63(22)23)99(94(84(64(24)25)65(26)27)85(66(28)29)67(30)31)95(86(68(32)33)69(34)35)87(70(36)37)71(38)39/h1-14H;. The average molecular weight is 1490 g/mol. The fraction of sp³-hybridized carbons (Fsp3) is 0. The molecule has 2 aromatic heterocycles. The predicted molar refractivity (Wildman–Crippen MR) is 691 cm³/mol. The van der Waals surface area contributed by atoms with Crippen molar-refractivity contribution in [2.45, 2.75) is 0 Å². The van der Waals surface area contributed by atoms with Gasteiger partial charge < -0.3 is 4.42 Å². The molecule has 3 aromatic carbocycles. The Morgan fingerprint density at radius 3 is 0.654 bits per heavy atom. The maximum absolute atomic E-state index is 7.25. The first-order valence-corrected chi connectivity index (χ1v) is 42.5. The molecule has 127 heavy (non-hydrogen) atoms. The molecule has 2 nitrogen and oxygen atoms in total. The number of benzene rings is 3. The lowest BCUT2D eigenvalue weighted by Gasteiger charge is -2.63. The molecule has 0 saturated carbocycles. The number of para-hydroxylation sites is 1. The molecule has 0 aliphatic rings. The summed E-state index contributed by atoms with van der Waals surface area (Å²) in [6.45, 7) is 0. The molecule has 0 N–H and O–H groups in total. The monoisotopic (exact) mass is 1510 g/mol. The van der Waals surface area contributed by atoms with Crippen molar-refractivity contribution in [2.24, 2.45) is 0 Å². The van der Waals surface area contributed by atoms with Gasteiger partial charge in [-0.3, -0.25) is 4.98 Å². The molecule has 0 fully saturated rings. The van der Waals surface area contributed by atoms with Gasteiger partial charge in [0.2, 0.25) is 0 Å². The molecule has 0 amide bonds. The van der Waals surface area contributed by atoms with E-state index in [-0.39, 0.29) is 0 Å². The lowest BCUT2D eigenvalue weighted by Crippen LogP contribution is -3.01. The molecule has 0 saturated heterocycles. The third kappa shape index (κ3) is 31.6. The summed E-state index contributed by atoms with van der Waals surface area (Å²) in [4.78, 5) is 4.69. The van der Waals surface area contributed by atoms with Crippen molar-refractivity contribution in [1.82, 2.24) is 4.98 Å². The van der Waals surface area contributed by atoms with Gasteiger partial charge in [0.25, 0.3) is 0 Å². The molecular weight excluding hydrogens is 1480 g/mol. The van der Waals surface area contributed by atoms with Gasteiger partial charge in [-0.1, -0.05) is 58.4 Å². The molecule has 2 heterocycles. The van der Waals surface area contributed by atoms with Crippen molar-refractivity contribution in [3.8, 4) is 22.4 Å². The van der Waals surface area contributed by atoms with E-state index in [0.717, 1.165) is 55.9 Å². The van der Waals surface area contributed by atoms with E-state index < -0.39 is 313 Å². The van der Waals surface area contributed by atoms with Gasteiger partial charge in [0.05, 0.1) is 5.69 Å². The summed E-state index contributed by atoms with van der Waals surface area (Å²) in [5.41, 5.74) is 6.09. The quantitative estimate of drug-likeness (QED) is 0.0363. The van der Waals surface area contributed by atoms with Crippen molar-refractivity contribution >= 4 is 752 Å². The van der Waals surface area contributed by atoms with Crippen molar-refractivity contribution < 1.29 is 4.42 Å². The maximum Gasteiger partial charge on any atom is 0.135 e. The SMILES string of the molecule is Brc1ccccc1-c1ccc(-c2ccc3oc4ccccc4c3c2)nc1.[B][B]B(B([B])[B])B(B(B([B])[B])B([B])[B])B(B(B([B])[B])B([B])[B])B(B(B(B([B])[B])B([B])[B])B(B([B])[B])B([B])[B])B(B(B(B(B([B])[B])B([B])[B])B(B([B])[B])B([B])[B])B(B(B([B])[B])B([B])[B])B(B([B])[B])B([B])[B])B(B(B(B([B])[B])B([B])[B])B(B([B])[B])B([B])[B])B(B(B([B])[B])B([B])[B])B(B([B])[B])B([B])[B]. The average Bonchev–Trinajstić information content (AvgIpc) is 1.16. The second-order valence-electron chi connectivity index (χ2n) is 34.7. The van der Waals surface area contributed by atoms with Crippen LogP contribution in [0.2, 0.25) is 0 Å². The molecule has 0 aliphatic heterocycles. The zero-order chi connectivity index (χ0) is 97.5. The van der Waals surface area contributed by atoms with Crippen molar-refractivity contribution in [3.63, 3.8) is 0 Å². The van der Waals surface area contributed by atoms with Crippen molar-refractivity contribution in [2.75, 3.05) is 0 Å². The van der Waals surface area contributed by atoms with E-state index in [2.05, 4.69) is 57.3 Å². The highest BCUT2D eigenvalue weighted by Crippen LogP contribution is 2.35. The van der Waals surface area contributed by atoms with Crippen LogP contribution in [0, 0.1) is 0 Å². The molecule has 0 bridgehead atoms. The summed E-state index contributed by atoms with van der Waals surface area (Å²) in [5, 5.41) is 2.25. The van der Waals surface area contributed by atoms with Crippen LogP contribution in [0.4, 0.5) is 0 Å². The van der Waals surface area contributed by atoms with Gasteiger partial charge in [-0.15, -0.1) is 0 Å². The van der Waals surface area contributed by atoms with E-state index in [1.54, 1.807) is 0 Å². The van der Waals surface area contributed by atoms with Crippen LogP contribution in [-0.4, -0.2) is 720 Å². The molecule has 0 aliphatic carbocycles. The zero-order valence-electron chi connectivity index (χ0n) is 72.1. The maximum atomic E-state index is 7.25. The van der Waals surface area contributed by atoms with Crippen molar-refractivity contribution in [3.05, 3.63) is 89.5 Å². The molecule has 427 valence electrons. The fourth-order valence-electron chi connectivity index (χ4n) is 21.5. The topological polar surface area (TPSA) is 26.0 Å². The Balaban J connectivity index is 0.00000108. The molecule has 0 atom stereocenters. The van der Waals surface area contributed by atoms with E-state index in [9.17, 15) is 0 Å². The molecule has 0 spiro atoms. The lowest BCUT2D eigenvalue weighted by atomic mass is 8.18. The summed E-state index contributed by atoms with van der Waals surface area (Å²) in [6.07, 6.45) is -91.1. The fourth-order valence-corrected chi connectivity index (χ4v) is 22.0. The minimum atomic E-state index is -2.33. The first-order chi connectivity index (χ1) is 58.8. The van der Waals surface area contributed by atoms with Gasteiger partial charge in [-0.25, -0.2) is 0 Å². The van der Waals surface area contributed by atoms with Crippen LogP contribution in [-0.2, 0) is 0 Å². The van der Waals surface area contributed by atoms with Gasteiger partial charge in [0, 0.05) is 747 Å². The second kappa shape index (κ2) is 56.6. The number of halogens is 1. The number of hydrogen-bond acceptors (Lipinski definition) is 2. The molecular formula is C23H14B101BrNO. The van der Waals surface area contributed by atoms with Crippen LogP contribution in [0.15, 0.2) is 93.9 Å². The van der Waals surface area contributed by atoms with Crippen LogP contribution >= 0.6 is 15.9 Å². The van der Waals surface area contributed by atoms with E-state index in [4.69, 9.17) is 399 Å². The molecule has 0 unspecified atom stereocenters. The largest absolute Gasteiger partial charge is 0.456 e. The third-order valence-electron chi connectivity index (χ3n) is 26.2. The Bertz CT molecular complexity index is 3520. The van der Waals surface area contributed by atoms with E-state index in [0.29, 0.717) is 0 Å². The van der Waals surface area contributed by atoms with Crippen LogP contribution in [0.3, 0.4) is 0 Å². The van der Waals surface area contributed by atoms with Gasteiger partial charge >= 0.3 is 0 Å². The number of nitrogens with zero attached hydrogens (tertiary/aromatic N) is 1. The van der Waals surface area contributed by atoms with Gasteiger partial charge in [-0.2, -0.15) is 0 Å². The normalized spacial score (nSPS) is 10.1. The number of fused-ring (bicyclic) bond motifs is 3. The molecule has 5 rings (SSSR count). The number of aromatic nitrogens is 1. The highest BCUT2D eigenvalue weighted by molar-refractivity contribution is 9.10. The van der Waals surface area contributed by atoms with E-state index in [1.165, 1.54) is 0 Å². The van der Waals surface area contributed by atoms with Crippen molar-refractivity contribution in [1.29, 1.82) is 0 Å². The van der Waals surface area contributed by atoms with Gasteiger partial charge in [0.1, 0.15) is 11.2 Å². The first-order valence-electron chi connectivity index (χ1n) is 41.8. The Hall–Kier alpha value is 3.65. The molecule has 5 aromatic rings. The van der Waals surface area contributed by atoms with Gasteiger partial charge in [-0.05, 0) is 42.0 Å². The first kappa shape index (κ1) is 123. The minimum absolute atomic E-state index is 0.903. The summed E-state index contributed by atoms with van der Waals surface area (Å²) in [6, 6.07) is 26.7. The number of pyridine rings is 1. The van der Waals surface area contributed by atoms with Crippen LogP contribution in [0.25, 0.3) is 44.3 Å². The van der Waals surface area contributed by atoms with Gasteiger partial charge in [0.15, 0.2) is 0 Å². The second-order valence-corrected chi connectivity index (χ2v) is 35.6. The smallest absolute Gasteiger partial charge is 0.135 e. The highest BCUT2D eigenvalue weighted by atomic mass is 79.9. The minimum Gasteiger partial charge on any atom is -0.456 e. The third-order valence-corrected chi connectivity index (χ3v) is 26.9. The van der Waals surface area contributed by atoms with E-state index >= 15 is 0 Å². The Morgan fingerprint density at radius 2 is 0.425 bits per heavy atom. The Labute approximate surface area is 864 Å². The number of hydrogen-bond donors (Lipinski definition) is 0. The van der Waals surface area contributed by atoms with Crippen LogP contribution < -0.4 is 0 Å². The number of furan rings is 1. The molecule has 104 heteroatoms. The summed E-state index contributed by atoms with van der Waals surface area (Å²) in [7, 11) is 364. The summed E-state index contributed by atoms with van der Waals surface area (Å²) in [5.74, 6) is 0. The molecule has 103 radical (unpaired) electrons.